The van der Waals surface area contributed by atoms with Crippen molar-refractivity contribution in [3.05, 3.63) is 17.8 Å². The number of primary amides is 1. The minimum absolute atomic E-state index is 0.0859. The molecule has 0 fully saturated rings. The molecule has 0 aliphatic heterocycles. The van der Waals surface area contributed by atoms with Crippen LogP contribution in [0.2, 0.25) is 0 Å². The predicted molar refractivity (Wildman–Crippen MR) is 68.5 cm³/mol. The highest BCUT2D eigenvalue weighted by atomic mass is 32.2. The molecule has 0 radical (unpaired) electrons. The molecule has 0 atom stereocenters. The van der Waals surface area contributed by atoms with E-state index in [9.17, 15) is 13.2 Å². The summed E-state index contributed by atoms with van der Waals surface area (Å²) < 4.78 is 23.9. The van der Waals surface area contributed by atoms with Gasteiger partial charge in [-0.05, 0) is 12.1 Å². The molecule has 1 heterocycles. The van der Waals surface area contributed by atoms with Crippen molar-refractivity contribution in [2.24, 2.45) is 5.73 Å². The molecule has 1 aromatic rings. The molecule has 6 N–H and O–H groups in total. The number of hydrogen-bond acceptors (Lipinski definition) is 6. The Morgan fingerprint density at radius 1 is 1.39 bits per heavy atom. The van der Waals surface area contributed by atoms with Gasteiger partial charge in [0.05, 0.1) is 11.9 Å². The number of nitrogens with zero attached hydrogens (tertiary/aromatic N) is 1. The van der Waals surface area contributed by atoms with Crippen molar-refractivity contribution in [3.63, 3.8) is 0 Å². The van der Waals surface area contributed by atoms with Crippen LogP contribution in [0.5, 0.6) is 0 Å². The zero-order chi connectivity index (χ0) is 13.8. The second kappa shape index (κ2) is 5.65. The second-order valence-electron chi connectivity index (χ2n) is 3.59. The highest BCUT2D eigenvalue weighted by Crippen LogP contribution is 2.14. The average molecular weight is 273 g/mol. The van der Waals surface area contributed by atoms with Crippen molar-refractivity contribution in [2.75, 3.05) is 30.4 Å². The third kappa shape index (κ3) is 4.55. The summed E-state index contributed by atoms with van der Waals surface area (Å²) in [5, 5.41) is 2.81. The van der Waals surface area contributed by atoms with Gasteiger partial charge in [0.25, 0.3) is 5.91 Å². The Balaban J connectivity index is 2.61. The van der Waals surface area contributed by atoms with Crippen LogP contribution in [-0.4, -0.2) is 38.7 Å². The van der Waals surface area contributed by atoms with Crippen LogP contribution in [0, 0.1) is 0 Å². The first kappa shape index (κ1) is 14.2. The number of nitrogens with two attached hydrogens (primary N) is 2. The lowest BCUT2D eigenvalue weighted by atomic mass is 10.3. The first-order chi connectivity index (χ1) is 8.29. The molecule has 8 nitrogen and oxygen atoms in total. The highest BCUT2D eigenvalue weighted by Gasteiger charge is 2.07. The van der Waals surface area contributed by atoms with E-state index in [0.29, 0.717) is 11.5 Å². The van der Waals surface area contributed by atoms with Crippen molar-refractivity contribution < 1.29 is 13.2 Å². The number of sulfonamides is 1. The molecule has 0 aliphatic carbocycles. The smallest absolute Gasteiger partial charge is 0.267 e. The summed E-state index contributed by atoms with van der Waals surface area (Å²) in [6, 6.07) is 2.91. The first-order valence-electron chi connectivity index (χ1n) is 5.04. The van der Waals surface area contributed by atoms with Gasteiger partial charge in [0.1, 0.15) is 11.5 Å². The summed E-state index contributed by atoms with van der Waals surface area (Å²) in [4.78, 5) is 14.8. The van der Waals surface area contributed by atoms with Crippen LogP contribution < -0.4 is 21.5 Å². The predicted octanol–water partition coefficient (Wildman–Crippen LogP) is -1.28. The van der Waals surface area contributed by atoms with Crippen molar-refractivity contribution in [1.82, 2.24) is 9.71 Å². The fourth-order valence-electron chi connectivity index (χ4n) is 1.17. The van der Waals surface area contributed by atoms with Gasteiger partial charge < -0.3 is 16.8 Å². The lowest BCUT2D eigenvalue weighted by Gasteiger charge is -2.09. The van der Waals surface area contributed by atoms with Gasteiger partial charge in [-0.3, -0.25) is 4.79 Å². The number of nitrogens with one attached hydrogen (secondary N) is 2. The molecule has 1 rings (SSSR count). The third-order valence-electron chi connectivity index (χ3n) is 1.96. The van der Waals surface area contributed by atoms with Gasteiger partial charge in [-0.2, -0.15) is 0 Å². The summed E-state index contributed by atoms with van der Waals surface area (Å²) in [7, 11) is -3.23. The summed E-state index contributed by atoms with van der Waals surface area (Å²) in [6.07, 6.45) is 1.06. The molecule has 0 bridgehead atoms. The number of nitrogen functional groups attached to an aromatic ring is 1. The Morgan fingerprint density at radius 3 is 2.61 bits per heavy atom. The topological polar surface area (TPSA) is 140 Å². The van der Waals surface area contributed by atoms with Crippen molar-refractivity contribution in [1.29, 1.82) is 0 Å². The molecular weight excluding hydrogens is 258 g/mol. The number of anilines is 2. The SMILES string of the molecule is CS(=O)(=O)NCCNc1nc(C(N)=O)ccc1N. The number of aromatic nitrogens is 1. The van der Waals surface area contributed by atoms with Gasteiger partial charge in [0.2, 0.25) is 10.0 Å². The van der Waals surface area contributed by atoms with E-state index in [-0.39, 0.29) is 18.8 Å². The summed E-state index contributed by atoms with van der Waals surface area (Å²) in [5.41, 5.74) is 11.2. The summed E-state index contributed by atoms with van der Waals surface area (Å²) >= 11 is 0. The molecule has 1 aromatic heterocycles. The van der Waals surface area contributed by atoms with E-state index in [2.05, 4.69) is 15.0 Å². The number of carbonyl (C=O) groups is 1. The largest absolute Gasteiger partial charge is 0.396 e. The van der Waals surface area contributed by atoms with Crippen molar-refractivity contribution >= 4 is 27.4 Å². The number of hydrogen-bond donors (Lipinski definition) is 4. The quantitative estimate of drug-likeness (QED) is 0.476. The Hall–Kier alpha value is -1.87. The Bertz CT molecular complexity index is 543. The number of pyridine rings is 1. The lowest BCUT2D eigenvalue weighted by molar-refractivity contribution is 0.0995. The van der Waals surface area contributed by atoms with E-state index < -0.39 is 15.9 Å². The highest BCUT2D eigenvalue weighted by molar-refractivity contribution is 7.88. The molecule has 18 heavy (non-hydrogen) atoms. The van der Waals surface area contributed by atoms with Crippen LogP contribution in [0.4, 0.5) is 11.5 Å². The van der Waals surface area contributed by atoms with E-state index in [1.807, 2.05) is 0 Å². The minimum atomic E-state index is -3.23. The van der Waals surface area contributed by atoms with Gasteiger partial charge in [0, 0.05) is 13.1 Å². The number of carbonyl (C=O) groups excluding carboxylic acids is 1. The monoisotopic (exact) mass is 273 g/mol. The Labute approximate surface area is 105 Å². The molecule has 100 valence electrons. The molecule has 0 spiro atoms. The molecule has 0 aromatic carbocycles. The number of amides is 1. The summed E-state index contributed by atoms with van der Waals surface area (Å²) in [6.45, 7) is 0.466. The standard InChI is InChI=1S/C9H15N5O3S/c1-18(16,17)13-5-4-12-9-6(10)2-3-7(14-9)8(11)15/h2-3,13H,4-5,10H2,1H3,(H2,11,15)(H,12,14). The minimum Gasteiger partial charge on any atom is -0.396 e. The molecule has 0 saturated heterocycles. The van der Waals surface area contributed by atoms with Crippen LogP contribution in [0.1, 0.15) is 10.5 Å². The average Bonchev–Trinajstić information content (AvgIpc) is 2.24. The maximum atomic E-state index is 10.9. The summed E-state index contributed by atoms with van der Waals surface area (Å²) in [5.74, 6) is -0.367. The molecule has 0 unspecified atom stereocenters. The van der Waals surface area contributed by atoms with Gasteiger partial charge >= 0.3 is 0 Å². The maximum Gasteiger partial charge on any atom is 0.267 e. The molecule has 0 aliphatic rings. The molecule has 1 amide bonds. The Morgan fingerprint density at radius 2 is 2.06 bits per heavy atom. The van der Waals surface area contributed by atoms with Crippen LogP contribution in [-0.2, 0) is 10.0 Å². The van der Waals surface area contributed by atoms with E-state index in [0.717, 1.165) is 6.26 Å². The van der Waals surface area contributed by atoms with E-state index >= 15 is 0 Å². The third-order valence-corrected chi connectivity index (χ3v) is 2.69. The Kier molecular flexibility index (Phi) is 4.45. The normalized spacial score (nSPS) is 11.2. The van der Waals surface area contributed by atoms with Gasteiger partial charge in [-0.25, -0.2) is 18.1 Å². The zero-order valence-electron chi connectivity index (χ0n) is 9.80. The molecular formula is C9H15N5O3S. The lowest BCUT2D eigenvalue weighted by Crippen LogP contribution is -2.28. The van der Waals surface area contributed by atoms with Crippen molar-refractivity contribution in [2.45, 2.75) is 0 Å². The van der Waals surface area contributed by atoms with Crippen LogP contribution in [0.15, 0.2) is 12.1 Å². The molecule has 9 heteroatoms. The van der Waals surface area contributed by atoms with Gasteiger partial charge in [-0.1, -0.05) is 0 Å². The fourth-order valence-corrected chi connectivity index (χ4v) is 1.64. The second-order valence-corrected chi connectivity index (χ2v) is 5.42. The van der Waals surface area contributed by atoms with E-state index in [4.69, 9.17) is 11.5 Å². The van der Waals surface area contributed by atoms with Gasteiger partial charge in [-0.15, -0.1) is 0 Å². The molecule has 0 saturated carbocycles. The number of rotatable bonds is 6. The van der Waals surface area contributed by atoms with E-state index in [1.165, 1.54) is 12.1 Å². The van der Waals surface area contributed by atoms with Gasteiger partial charge in [0.15, 0.2) is 0 Å². The maximum absolute atomic E-state index is 10.9. The van der Waals surface area contributed by atoms with E-state index in [1.54, 1.807) is 0 Å². The van der Waals surface area contributed by atoms with Crippen molar-refractivity contribution in [3.8, 4) is 0 Å². The van der Waals surface area contributed by atoms with Crippen LogP contribution in [0.25, 0.3) is 0 Å². The van der Waals surface area contributed by atoms with Crippen LogP contribution in [0.3, 0.4) is 0 Å². The zero-order valence-corrected chi connectivity index (χ0v) is 10.6. The van der Waals surface area contributed by atoms with Crippen LogP contribution >= 0.6 is 0 Å². The first-order valence-corrected chi connectivity index (χ1v) is 6.93. The fraction of sp³-hybridized carbons (Fsp3) is 0.333.